The Kier molecular flexibility index (Phi) is 9.58. The lowest BCUT2D eigenvalue weighted by molar-refractivity contribution is 0.347. The van der Waals surface area contributed by atoms with Crippen LogP contribution in [0.4, 0.5) is 0 Å². The molecule has 0 spiro atoms. The molecule has 1 atom stereocenters. The third-order valence-corrected chi connectivity index (χ3v) is 4.08. The Bertz CT molecular complexity index is 547. The number of rotatable bonds is 10. The summed E-state index contributed by atoms with van der Waals surface area (Å²) in [5.41, 5.74) is 0.974. The highest BCUT2D eigenvalue weighted by Gasteiger charge is 2.12. The predicted molar refractivity (Wildman–Crippen MR) is 103 cm³/mol. The summed E-state index contributed by atoms with van der Waals surface area (Å²) in [6, 6.07) is 4.13. The topological polar surface area (TPSA) is 64.1 Å². The average molecular weight is 351 g/mol. The van der Waals surface area contributed by atoms with Gasteiger partial charge in [-0.05, 0) is 19.4 Å². The van der Waals surface area contributed by atoms with Crippen molar-refractivity contribution < 1.29 is 14.2 Å². The summed E-state index contributed by atoms with van der Waals surface area (Å²) in [5, 5.41) is 6.76. The van der Waals surface area contributed by atoms with E-state index in [0.29, 0.717) is 24.1 Å². The fourth-order valence-corrected chi connectivity index (χ4v) is 2.61. The first-order valence-corrected chi connectivity index (χ1v) is 8.85. The van der Waals surface area contributed by atoms with Gasteiger partial charge in [-0.1, -0.05) is 26.2 Å². The molecule has 1 rings (SSSR count). The minimum absolute atomic E-state index is 0.380. The molecule has 0 aromatic heterocycles. The largest absolute Gasteiger partial charge is 0.496 e. The molecule has 0 fully saturated rings. The number of nitrogens with one attached hydrogen (secondary N) is 2. The highest BCUT2D eigenvalue weighted by molar-refractivity contribution is 5.80. The molecule has 0 saturated heterocycles. The smallest absolute Gasteiger partial charge is 0.191 e. The van der Waals surface area contributed by atoms with Gasteiger partial charge in [0.25, 0.3) is 0 Å². The monoisotopic (exact) mass is 351 g/mol. The maximum absolute atomic E-state index is 5.46. The van der Waals surface area contributed by atoms with Crippen LogP contribution in [0.15, 0.2) is 17.1 Å². The van der Waals surface area contributed by atoms with Crippen molar-refractivity contribution >= 4 is 5.96 Å². The first-order valence-electron chi connectivity index (χ1n) is 8.85. The summed E-state index contributed by atoms with van der Waals surface area (Å²) in [4.78, 5) is 4.30. The van der Waals surface area contributed by atoms with E-state index in [4.69, 9.17) is 14.2 Å². The minimum atomic E-state index is 0.380. The van der Waals surface area contributed by atoms with Crippen molar-refractivity contribution in [2.75, 3.05) is 28.4 Å². The number of aliphatic imine (C=N–C) groups is 1. The van der Waals surface area contributed by atoms with Crippen LogP contribution in [0.25, 0.3) is 0 Å². The van der Waals surface area contributed by atoms with E-state index in [1.54, 1.807) is 28.4 Å². The number of ether oxygens (including phenoxy) is 3. The van der Waals surface area contributed by atoms with Gasteiger partial charge in [-0.2, -0.15) is 0 Å². The van der Waals surface area contributed by atoms with Crippen LogP contribution in [0.5, 0.6) is 17.2 Å². The number of methoxy groups -OCH3 is 3. The fourth-order valence-electron chi connectivity index (χ4n) is 2.61. The van der Waals surface area contributed by atoms with Crippen LogP contribution in [0, 0.1) is 0 Å². The van der Waals surface area contributed by atoms with Gasteiger partial charge in [0, 0.05) is 31.3 Å². The van der Waals surface area contributed by atoms with E-state index in [9.17, 15) is 0 Å². The molecule has 1 aromatic carbocycles. The maximum Gasteiger partial charge on any atom is 0.191 e. The van der Waals surface area contributed by atoms with Crippen molar-refractivity contribution in [3.63, 3.8) is 0 Å². The molecule has 0 bridgehead atoms. The quantitative estimate of drug-likeness (QED) is 0.384. The standard InChI is InChI=1S/C19H33N3O3/c1-7-8-9-10-14(2)22-19(20-3)21-13-15-11-17(24-5)18(25-6)12-16(15)23-4/h11-12,14H,7-10,13H2,1-6H3,(H2,20,21,22). The second-order valence-corrected chi connectivity index (χ2v) is 5.99. The van der Waals surface area contributed by atoms with Crippen LogP contribution >= 0.6 is 0 Å². The SMILES string of the molecule is CCCCCC(C)NC(=NC)NCc1cc(OC)c(OC)cc1OC. The lowest BCUT2D eigenvalue weighted by atomic mass is 10.1. The van der Waals surface area contributed by atoms with E-state index in [1.165, 1.54) is 19.3 Å². The van der Waals surface area contributed by atoms with E-state index >= 15 is 0 Å². The van der Waals surface area contributed by atoms with Gasteiger partial charge < -0.3 is 24.8 Å². The van der Waals surface area contributed by atoms with Crippen LogP contribution in [0.3, 0.4) is 0 Å². The zero-order chi connectivity index (χ0) is 18.7. The first kappa shape index (κ1) is 20.9. The van der Waals surface area contributed by atoms with Crippen molar-refractivity contribution in [1.82, 2.24) is 10.6 Å². The summed E-state index contributed by atoms with van der Waals surface area (Å²) in [7, 11) is 6.66. The predicted octanol–water partition coefficient (Wildman–Crippen LogP) is 3.35. The van der Waals surface area contributed by atoms with Gasteiger partial charge in [0.1, 0.15) is 5.75 Å². The highest BCUT2D eigenvalue weighted by Crippen LogP contribution is 2.34. The molecule has 1 unspecified atom stereocenters. The van der Waals surface area contributed by atoms with Crippen molar-refractivity contribution in [2.24, 2.45) is 4.99 Å². The number of unbranched alkanes of at least 4 members (excludes halogenated alkanes) is 2. The molecule has 0 heterocycles. The Morgan fingerprint density at radius 2 is 1.68 bits per heavy atom. The molecule has 2 N–H and O–H groups in total. The summed E-state index contributed by atoms with van der Waals surface area (Å²) < 4.78 is 16.2. The molecule has 0 radical (unpaired) electrons. The molecule has 142 valence electrons. The van der Waals surface area contributed by atoms with Crippen LogP contribution in [0.2, 0.25) is 0 Å². The Hall–Kier alpha value is -2.11. The Labute approximate surface area is 152 Å². The summed E-state index contributed by atoms with van der Waals surface area (Å²) >= 11 is 0. The van der Waals surface area contributed by atoms with E-state index in [-0.39, 0.29) is 0 Å². The molecule has 1 aromatic rings. The molecule has 0 amide bonds. The first-order chi connectivity index (χ1) is 12.1. The van der Waals surface area contributed by atoms with Crippen molar-refractivity contribution in [3.8, 4) is 17.2 Å². The molecular formula is C19H33N3O3. The molecule has 25 heavy (non-hydrogen) atoms. The van der Waals surface area contributed by atoms with Gasteiger partial charge in [0.2, 0.25) is 0 Å². The van der Waals surface area contributed by atoms with E-state index in [0.717, 1.165) is 23.7 Å². The van der Waals surface area contributed by atoms with E-state index < -0.39 is 0 Å². The molecule has 0 aliphatic heterocycles. The van der Waals surface area contributed by atoms with Crippen LogP contribution in [0.1, 0.15) is 45.1 Å². The van der Waals surface area contributed by atoms with Crippen LogP contribution in [-0.2, 0) is 6.54 Å². The number of guanidine groups is 1. The lowest BCUT2D eigenvalue weighted by Gasteiger charge is -2.19. The second kappa shape index (κ2) is 11.4. The summed E-state index contributed by atoms with van der Waals surface area (Å²) in [5.74, 6) is 2.85. The Balaban J connectivity index is 2.71. The number of benzene rings is 1. The number of hydrogen-bond donors (Lipinski definition) is 2. The highest BCUT2D eigenvalue weighted by atomic mass is 16.5. The molecule has 6 nitrogen and oxygen atoms in total. The maximum atomic E-state index is 5.46. The third kappa shape index (κ3) is 6.72. The van der Waals surface area contributed by atoms with Crippen molar-refractivity contribution in [3.05, 3.63) is 17.7 Å². The molecule has 0 aliphatic rings. The lowest BCUT2D eigenvalue weighted by Crippen LogP contribution is -2.41. The zero-order valence-corrected chi connectivity index (χ0v) is 16.4. The fraction of sp³-hybridized carbons (Fsp3) is 0.632. The van der Waals surface area contributed by atoms with Gasteiger partial charge in [0.15, 0.2) is 17.5 Å². The Morgan fingerprint density at radius 3 is 2.24 bits per heavy atom. The summed E-state index contributed by atoms with van der Waals surface area (Å²) in [6.07, 6.45) is 4.86. The van der Waals surface area contributed by atoms with Gasteiger partial charge >= 0.3 is 0 Å². The Morgan fingerprint density at radius 1 is 1.04 bits per heavy atom. The molecule has 0 saturated carbocycles. The molecule has 6 heteroatoms. The second-order valence-electron chi connectivity index (χ2n) is 5.99. The number of nitrogens with zero attached hydrogens (tertiary/aromatic N) is 1. The van der Waals surface area contributed by atoms with E-state index in [2.05, 4.69) is 29.5 Å². The van der Waals surface area contributed by atoms with Crippen LogP contribution in [-0.4, -0.2) is 40.4 Å². The molecule has 0 aliphatic carbocycles. The third-order valence-electron chi connectivity index (χ3n) is 4.08. The average Bonchev–Trinajstić information content (AvgIpc) is 2.64. The van der Waals surface area contributed by atoms with Gasteiger partial charge in [-0.15, -0.1) is 0 Å². The van der Waals surface area contributed by atoms with Crippen molar-refractivity contribution in [1.29, 1.82) is 0 Å². The van der Waals surface area contributed by atoms with Gasteiger partial charge in [-0.3, -0.25) is 4.99 Å². The van der Waals surface area contributed by atoms with Crippen LogP contribution < -0.4 is 24.8 Å². The van der Waals surface area contributed by atoms with Gasteiger partial charge in [-0.25, -0.2) is 0 Å². The van der Waals surface area contributed by atoms with E-state index in [1.807, 2.05) is 12.1 Å². The van der Waals surface area contributed by atoms with Crippen molar-refractivity contribution in [2.45, 2.75) is 52.1 Å². The molecular weight excluding hydrogens is 318 g/mol. The summed E-state index contributed by atoms with van der Waals surface area (Å²) in [6.45, 7) is 4.97. The zero-order valence-electron chi connectivity index (χ0n) is 16.4. The normalized spacial score (nSPS) is 12.5. The van der Waals surface area contributed by atoms with Gasteiger partial charge in [0.05, 0.1) is 21.3 Å². The number of hydrogen-bond acceptors (Lipinski definition) is 4. The minimum Gasteiger partial charge on any atom is -0.496 e.